The van der Waals surface area contributed by atoms with Crippen LogP contribution in [-0.4, -0.2) is 55.5 Å². The van der Waals surface area contributed by atoms with Crippen LogP contribution in [0.2, 0.25) is 0 Å². The summed E-state index contributed by atoms with van der Waals surface area (Å²) in [7, 11) is 1.50. The third-order valence-electron chi connectivity index (χ3n) is 4.15. The van der Waals surface area contributed by atoms with Crippen LogP contribution < -0.4 is 10.1 Å². The van der Waals surface area contributed by atoms with Gasteiger partial charge in [-0.3, -0.25) is 9.59 Å². The highest BCUT2D eigenvalue weighted by Crippen LogP contribution is 2.30. The molecule has 0 spiro atoms. The molecule has 0 unspecified atom stereocenters. The van der Waals surface area contributed by atoms with Gasteiger partial charge in [0.15, 0.2) is 13.2 Å². The van der Waals surface area contributed by atoms with Crippen LogP contribution in [0.4, 0.5) is 0 Å². The lowest BCUT2D eigenvalue weighted by Crippen LogP contribution is -2.41. The van der Waals surface area contributed by atoms with Gasteiger partial charge in [-0.1, -0.05) is 39.0 Å². The fourth-order valence-corrected chi connectivity index (χ4v) is 2.45. The standard InChI is InChI=1S/C20H28N2O5/c1-20(2,3)15-7-5-6-8-16(15)26-13-19(25)27-12-18(24)22(4)11-17(23)21-14-9-10-14/h5-8,14H,9-13H2,1-4H3,(H,21,23). The summed E-state index contributed by atoms with van der Waals surface area (Å²) in [6.07, 6.45) is 1.97. The van der Waals surface area contributed by atoms with Gasteiger partial charge in [0.05, 0.1) is 6.54 Å². The van der Waals surface area contributed by atoms with Crippen molar-refractivity contribution in [2.24, 2.45) is 0 Å². The van der Waals surface area contributed by atoms with Crippen molar-refractivity contribution in [2.45, 2.75) is 45.1 Å². The third kappa shape index (κ3) is 6.92. The van der Waals surface area contributed by atoms with E-state index in [0.717, 1.165) is 18.4 Å². The molecule has 0 saturated heterocycles. The molecule has 1 aromatic rings. The Labute approximate surface area is 160 Å². The number of amides is 2. The number of para-hydroxylation sites is 1. The van der Waals surface area contributed by atoms with Gasteiger partial charge >= 0.3 is 5.97 Å². The van der Waals surface area contributed by atoms with E-state index in [2.05, 4.69) is 26.1 Å². The first kappa shape index (κ1) is 20.7. The molecule has 1 aliphatic rings. The molecule has 2 rings (SSSR count). The maximum absolute atomic E-state index is 12.0. The number of hydrogen-bond donors (Lipinski definition) is 1. The lowest BCUT2D eigenvalue weighted by atomic mass is 9.86. The highest BCUT2D eigenvalue weighted by Gasteiger charge is 2.24. The molecule has 1 fully saturated rings. The predicted octanol–water partition coefficient (Wildman–Crippen LogP) is 1.64. The Morgan fingerprint density at radius 3 is 2.44 bits per heavy atom. The Kier molecular flexibility index (Phi) is 6.82. The van der Waals surface area contributed by atoms with E-state index in [0.29, 0.717) is 5.75 Å². The second kappa shape index (κ2) is 8.88. The first-order valence-corrected chi connectivity index (χ1v) is 9.08. The summed E-state index contributed by atoms with van der Waals surface area (Å²) in [5.41, 5.74) is 0.857. The first-order chi connectivity index (χ1) is 12.7. The topological polar surface area (TPSA) is 84.9 Å². The summed E-state index contributed by atoms with van der Waals surface area (Å²) in [5.74, 6) is -0.670. The Hall–Kier alpha value is -2.57. The quantitative estimate of drug-likeness (QED) is 0.697. The van der Waals surface area contributed by atoms with Gasteiger partial charge in [-0.25, -0.2) is 4.79 Å². The zero-order chi connectivity index (χ0) is 20.0. The third-order valence-corrected chi connectivity index (χ3v) is 4.15. The number of esters is 1. The fraction of sp³-hybridized carbons (Fsp3) is 0.550. The summed E-state index contributed by atoms with van der Waals surface area (Å²) < 4.78 is 10.5. The van der Waals surface area contributed by atoms with Crippen molar-refractivity contribution in [3.63, 3.8) is 0 Å². The van der Waals surface area contributed by atoms with Crippen LogP contribution in [0, 0.1) is 0 Å². The number of benzene rings is 1. The number of rotatable bonds is 8. The summed E-state index contributed by atoms with van der Waals surface area (Å²) in [6.45, 7) is 5.41. The lowest BCUT2D eigenvalue weighted by Gasteiger charge is -2.22. The predicted molar refractivity (Wildman–Crippen MR) is 100 cm³/mol. The number of carbonyl (C=O) groups is 3. The average molecular weight is 376 g/mol. The molecule has 0 bridgehead atoms. The molecule has 1 N–H and O–H groups in total. The van der Waals surface area contributed by atoms with E-state index < -0.39 is 18.5 Å². The Morgan fingerprint density at radius 1 is 1.15 bits per heavy atom. The smallest absolute Gasteiger partial charge is 0.344 e. The molecular weight excluding hydrogens is 348 g/mol. The van der Waals surface area contributed by atoms with Crippen LogP contribution >= 0.6 is 0 Å². The van der Waals surface area contributed by atoms with Gasteiger partial charge in [0.25, 0.3) is 5.91 Å². The van der Waals surface area contributed by atoms with Crippen LogP contribution in [-0.2, 0) is 24.5 Å². The maximum Gasteiger partial charge on any atom is 0.344 e. The van der Waals surface area contributed by atoms with E-state index >= 15 is 0 Å². The minimum atomic E-state index is -0.636. The molecule has 7 nitrogen and oxygen atoms in total. The summed E-state index contributed by atoms with van der Waals surface area (Å²) in [4.78, 5) is 36.8. The minimum absolute atomic E-state index is 0.0532. The van der Waals surface area contributed by atoms with Crippen LogP contribution in [0.1, 0.15) is 39.2 Å². The molecule has 1 saturated carbocycles. The summed E-state index contributed by atoms with van der Waals surface area (Å²) in [5, 5.41) is 2.80. The van der Waals surface area contributed by atoms with E-state index in [4.69, 9.17) is 9.47 Å². The zero-order valence-electron chi connectivity index (χ0n) is 16.4. The molecular formula is C20H28N2O5. The van der Waals surface area contributed by atoms with Crippen LogP contribution in [0.3, 0.4) is 0 Å². The van der Waals surface area contributed by atoms with Gasteiger partial charge in [-0.05, 0) is 29.9 Å². The first-order valence-electron chi connectivity index (χ1n) is 9.08. The van der Waals surface area contributed by atoms with Crippen molar-refractivity contribution in [3.8, 4) is 5.75 Å². The number of ether oxygens (including phenoxy) is 2. The van der Waals surface area contributed by atoms with Gasteiger partial charge in [0.2, 0.25) is 5.91 Å². The van der Waals surface area contributed by atoms with E-state index in [1.807, 2.05) is 18.2 Å². The van der Waals surface area contributed by atoms with Crippen LogP contribution in [0.15, 0.2) is 24.3 Å². The average Bonchev–Trinajstić information content (AvgIpc) is 3.40. The molecule has 0 aromatic heterocycles. The molecule has 0 heterocycles. The second-order valence-electron chi connectivity index (χ2n) is 7.79. The van der Waals surface area contributed by atoms with Crippen molar-refractivity contribution in [3.05, 3.63) is 29.8 Å². The molecule has 7 heteroatoms. The lowest BCUT2D eigenvalue weighted by molar-refractivity contribution is -0.153. The number of nitrogens with one attached hydrogen (secondary N) is 1. The van der Waals surface area contributed by atoms with Gasteiger partial charge in [-0.2, -0.15) is 0 Å². The largest absolute Gasteiger partial charge is 0.482 e. The maximum atomic E-state index is 12.0. The molecule has 0 radical (unpaired) electrons. The molecule has 0 atom stereocenters. The summed E-state index contributed by atoms with van der Waals surface area (Å²) in [6, 6.07) is 7.74. The van der Waals surface area contributed by atoms with E-state index in [9.17, 15) is 14.4 Å². The molecule has 1 aromatic carbocycles. The van der Waals surface area contributed by atoms with Crippen LogP contribution in [0.5, 0.6) is 5.75 Å². The minimum Gasteiger partial charge on any atom is -0.482 e. The number of carbonyl (C=O) groups excluding carboxylic acids is 3. The molecule has 1 aliphatic carbocycles. The number of hydrogen-bond acceptors (Lipinski definition) is 5. The number of nitrogens with zero attached hydrogens (tertiary/aromatic N) is 1. The van der Waals surface area contributed by atoms with Gasteiger partial charge < -0.3 is 19.7 Å². The SMILES string of the molecule is CN(CC(=O)NC1CC1)C(=O)COC(=O)COc1ccccc1C(C)(C)C. The molecule has 0 aliphatic heterocycles. The Balaban J connectivity index is 1.74. The normalized spacial score (nSPS) is 13.6. The van der Waals surface area contributed by atoms with Crippen molar-refractivity contribution in [2.75, 3.05) is 26.8 Å². The second-order valence-corrected chi connectivity index (χ2v) is 7.79. The molecule has 27 heavy (non-hydrogen) atoms. The number of likely N-dealkylation sites (N-methyl/N-ethyl adjacent to an activating group) is 1. The van der Waals surface area contributed by atoms with Gasteiger partial charge in [-0.15, -0.1) is 0 Å². The monoisotopic (exact) mass is 376 g/mol. The van der Waals surface area contributed by atoms with Crippen molar-refractivity contribution < 1.29 is 23.9 Å². The van der Waals surface area contributed by atoms with Crippen LogP contribution in [0.25, 0.3) is 0 Å². The molecule has 148 valence electrons. The van der Waals surface area contributed by atoms with Gasteiger partial charge in [0.1, 0.15) is 5.75 Å². The summed E-state index contributed by atoms with van der Waals surface area (Å²) >= 11 is 0. The van der Waals surface area contributed by atoms with Crippen molar-refractivity contribution in [1.82, 2.24) is 10.2 Å². The highest BCUT2D eigenvalue weighted by atomic mass is 16.6. The highest BCUT2D eigenvalue weighted by molar-refractivity contribution is 5.86. The fourth-order valence-electron chi connectivity index (χ4n) is 2.45. The molecule has 2 amide bonds. The Bertz CT molecular complexity index is 692. The van der Waals surface area contributed by atoms with E-state index in [1.165, 1.54) is 11.9 Å². The van der Waals surface area contributed by atoms with Gasteiger partial charge in [0, 0.05) is 13.1 Å². The zero-order valence-corrected chi connectivity index (χ0v) is 16.4. The van der Waals surface area contributed by atoms with E-state index in [-0.39, 0.29) is 30.5 Å². The van der Waals surface area contributed by atoms with Crippen molar-refractivity contribution >= 4 is 17.8 Å². The van der Waals surface area contributed by atoms with Crippen molar-refractivity contribution in [1.29, 1.82) is 0 Å². The Morgan fingerprint density at radius 2 is 1.81 bits per heavy atom. The van der Waals surface area contributed by atoms with E-state index in [1.54, 1.807) is 6.07 Å².